The zero-order valence-electron chi connectivity index (χ0n) is 15.4. The van der Waals surface area contributed by atoms with Crippen molar-refractivity contribution in [3.63, 3.8) is 0 Å². The number of aromatic nitrogens is 2. The molecular weight excluding hydrogens is 342 g/mol. The Hall–Kier alpha value is -2.22. The summed E-state index contributed by atoms with van der Waals surface area (Å²) in [5, 5.41) is 17.3. The maximum atomic E-state index is 12.2. The monoisotopic (exact) mass is 369 g/mol. The van der Waals surface area contributed by atoms with Crippen LogP contribution in [0.5, 0.6) is 5.75 Å². The molecule has 2 atom stereocenters. The highest BCUT2D eigenvalue weighted by Gasteiger charge is 2.36. The van der Waals surface area contributed by atoms with E-state index in [9.17, 15) is 9.90 Å². The van der Waals surface area contributed by atoms with E-state index in [4.69, 9.17) is 5.73 Å². The number of phenols is 1. The first kappa shape index (κ1) is 18.2. The van der Waals surface area contributed by atoms with Crippen LogP contribution in [0.25, 0.3) is 0 Å². The van der Waals surface area contributed by atoms with Gasteiger partial charge in [0.1, 0.15) is 11.4 Å². The normalized spacial score (nSPS) is 26.8. The van der Waals surface area contributed by atoms with Crippen molar-refractivity contribution >= 4 is 0 Å². The van der Waals surface area contributed by atoms with Crippen LogP contribution in [0.1, 0.15) is 42.2 Å². The summed E-state index contributed by atoms with van der Waals surface area (Å²) in [5.74, 6) is 0.851. The summed E-state index contributed by atoms with van der Waals surface area (Å²) in [6.07, 6.45) is 7.30. The molecule has 0 bridgehead atoms. The molecule has 0 aliphatic carbocycles. The van der Waals surface area contributed by atoms with Gasteiger partial charge in [-0.15, -0.1) is 0 Å². The van der Waals surface area contributed by atoms with Crippen LogP contribution in [0, 0.1) is 0 Å². The minimum atomic E-state index is -0.847. The molecule has 5 N–H and O–H groups in total. The van der Waals surface area contributed by atoms with Gasteiger partial charge in [0, 0.05) is 31.4 Å². The molecule has 2 saturated heterocycles. The van der Waals surface area contributed by atoms with Gasteiger partial charge in [-0.1, -0.05) is 12.1 Å². The van der Waals surface area contributed by atoms with E-state index in [1.807, 2.05) is 6.07 Å². The van der Waals surface area contributed by atoms with Crippen LogP contribution in [-0.2, 0) is 5.66 Å². The second-order valence-electron chi connectivity index (χ2n) is 7.76. The Balaban J connectivity index is 1.63. The number of rotatable bonds is 3. The number of phenolic OH excluding ortho intramolecular Hbond substituents is 1. The zero-order chi connectivity index (χ0) is 18.9. The summed E-state index contributed by atoms with van der Waals surface area (Å²) in [5.41, 5.74) is 7.75. The maximum absolute atomic E-state index is 12.2. The van der Waals surface area contributed by atoms with Crippen LogP contribution in [0.15, 0.2) is 41.6 Å². The highest BCUT2D eigenvalue weighted by molar-refractivity contribution is 5.41. The van der Waals surface area contributed by atoms with Crippen LogP contribution in [-0.4, -0.2) is 40.8 Å². The van der Waals surface area contributed by atoms with Gasteiger partial charge in [0.25, 0.3) is 5.56 Å². The summed E-state index contributed by atoms with van der Waals surface area (Å²) in [4.78, 5) is 16.1. The molecule has 27 heavy (non-hydrogen) atoms. The van der Waals surface area contributed by atoms with Crippen molar-refractivity contribution in [2.45, 2.75) is 36.8 Å². The number of aromatic hydroxyl groups is 1. The summed E-state index contributed by atoms with van der Waals surface area (Å²) in [6.45, 7) is 3.29. The highest BCUT2D eigenvalue weighted by atomic mass is 16.3. The number of hydrogen-bond acceptors (Lipinski definition) is 6. The average molecular weight is 369 g/mol. The van der Waals surface area contributed by atoms with Crippen molar-refractivity contribution in [3.05, 3.63) is 58.3 Å². The van der Waals surface area contributed by atoms with Crippen LogP contribution in [0.3, 0.4) is 0 Å². The highest BCUT2D eigenvalue weighted by Crippen LogP contribution is 2.37. The van der Waals surface area contributed by atoms with E-state index in [1.54, 1.807) is 23.0 Å². The van der Waals surface area contributed by atoms with Crippen molar-refractivity contribution in [2.75, 3.05) is 26.2 Å². The lowest BCUT2D eigenvalue weighted by Crippen LogP contribution is -2.59. The predicted octanol–water partition coefficient (Wildman–Crippen LogP) is 0.804. The number of piperidine rings is 2. The van der Waals surface area contributed by atoms with E-state index >= 15 is 0 Å². The topological polar surface area (TPSA) is 105 Å². The van der Waals surface area contributed by atoms with Crippen LogP contribution >= 0.6 is 0 Å². The molecule has 0 radical (unpaired) electrons. The Labute approximate surface area is 158 Å². The van der Waals surface area contributed by atoms with Gasteiger partial charge in [0.05, 0.1) is 6.20 Å². The third-order valence-corrected chi connectivity index (χ3v) is 5.93. The Kier molecular flexibility index (Phi) is 4.99. The smallest absolute Gasteiger partial charge is 0.270 e. The molecular formula is C20H27N5O2. The lowest BCUT2D eigenvalue weighted by atomic mass is 9.82. The molecule has 2 unspecified atom stereocenters. The van der Waals surface area contributed by atoms with Gasteiger partial charge < -0.3 is 21.5 Å². The molecule has 0 amide bonds. The fourth-order valence-corrected chi connectivity index (χ4v) is 4.46. The maximum Gasteiger partial charge on any atom is 0.270 e. The molecule has 0 saturated carbocycles. The fraction of sp³-hybridized carbons (Fsp3) is 0.500. The molecule has 1 aromatic carbocycles. The van der Waals surface area contributed by atoms with Gasteiger partial charge in [-0.2, -0.15) is 0 Å². The number of hydrogen-bond donors (Lipinski definition) is 4. The predicted molar refractivity (Wildman–Crippen MR) is 104 cm³/mol. The van der Waals surface area contributed by atoms with Gasteiger partial charge in [-0.25, -0.2) is 0 Å². The average Bonchev–Trinajstić information content (AvgIpc) is 2.69. The molecule has 2 fully saturated rings. The third-order valence-electron chi connectivity index (χ3n) is 5.93. The van der Waals surface area contributed by atoms with E-state index in [2.05, 4.69) is 21.7 Å². The number of nitrogens with two attached hydrogens (primary N) is 1. The van der Waals surface area contributed by atoms with E-state index in [0.717, 1.165) is 38.0 Å². The first-order valence-electron chi connectivity index (χ1n) is 9.63. The molecule has 7 nitrogen and oxygen atoms in total. The molecule has 2 aliphatic rings. The lowest BCUT2D eigenvalue weighted by Gasteiger charge is -2.40. The van der Waals surface area contributed by atoms with Crippen molar-refractivity contribution in [2.24, 2.45) is 5.73 Å². The zero-order valence-corrected chi connectivity index (χ0v) is 15.4. The lowest BCUT2D eigenvalue weighted by molar-refractivity contribution is 0.193. The van der Waals surface area contributed by atoms with Crippen molar-refractivity contribution < 1.29 is 5.11 Å². The first-order chi connectivity index (χ1) is 13.1. The number of benzene rings is 1. The minimum Gasteiger partial charge on any atom is -0.508 e. The summed E-state index contributed by atoms with van der Waals surface area (Å²) >= 11 is 0. The Bertz CT molecular complexity index is 861. The van der Waals surface area contributed by atoms with Gasteiger partial charge in [0.15, 0.2) is 0 Å². The van der Waals surface area contributed by atoms with Crippen molar-refractivity contribution in [1.82, 2.24) is 20.2 Å². The molecule has 4 rings (SSSR count). The van der Waals surface area contributed by atoms with Crippen LogP contribution in [0.4, 0.5) is 0 Å². The second-order valence-corrected chi connectivity index (χ2v) is 7.76. The standard InChI is InChI=1S/C20H27N5O2/c21-20(25-8-7-23-12-19(25)27)10-16(11-24-13-20)17-9-15(1-2-18(17)26)14-3-5-22-6-4-14/h1-2,7-9,12,14,16,22,24,26H,3-6,10-11,13,21H2. The molecule has 144 valence electrons. The van der Waals surface area contributed by atoms with Crippen LogP contribution < -0.4 is 21.9 Å². The second kappa shape index (κ2) is 7.42. The molecule has 1 aromatic heterocycles. The molecule has 7 heteroatoms. The Morgan fingerprint density at radius 2 is 2.04 bits per heavy atom. The van der Waals surface area contributed by atoms with E-state index in [1.165, 1.54) is 11.8 Å². The molecule has 3 heterocycles. The van der Waals surface area contributed by atoms with Crippen LogP contribution in [0.2, 0.25) is 0 Å². The summed E-state index contributed by atoms with van der Waals surface area (Å²) in [7, 11) is 0. The van der Waals surface area contributed by atoms with Gasteiger partial charge >= 0.3 is 0 Å². The van der Waals surface area contributed by atoms with Gasteiger partial charge in [-0.05, 0) is 55.5 Å². The molecule has 2 aliphatic heterocycles. The van der Waals surface area contributed by atoms with Crippen molar-refractivity contribution in [1.29, 1.82) is 0 Å². The summed E-state index contributed by atoms with van der Waals surface area (Å²) in [6, 6.07) is 5.98. The quantitative estimate of drug-likeness (QED) is 0.638. The third kappa shape index (κ3) is 3.63. The minimum absolute atomic E-state index is 0.0329. The number of nitrogens with zero attached hydrogens (tertiary/aromatic N) is 2. The van der Waals surface area contributed by atoms with E-state index in [-0.39, 0.29) is 11.5 Å². The Morgan fingerprint density at radius 3 is 2.81 bits per heavy atom. The fourth-order valence-electron chi connectivity index (χ4n) is 4.46. The van der Waals surface area contributed by atoms with E-state index in [0.29, 0.717) is 24.6 Å². The van der Waals surface area contributed by atoms with Gasteiger partial charge in [0.2, 0.25) is 0 Å². The molecule has 2 aromatic rings. The van der Waals surface area contributed by atoms with Gasteiger partial charge in [-0.3, -0.25) is 14.3 Å². The number of nitrogens with one attached hydrogen (secondary N) is 2. The van der Waals surface area contributed by atoms with Crippen molar-refractivity contribution in [3.8, 4) is 5.75 Å². The Morgan fingerprint density at radius 1 is 1.22 bits per heavy atom. The SMILES string of the molecule is NC1(n2ccncc2=O)CNCC(c2cc(C3CCNCC3)ccc2O)C1. The summed E-state index contributed by atoms with van der Waals surface area (Å²) < 4.78 is 1.55. The molecule has 0 spiro atoms. The largest absolute Gasteiger partial charge is 0.508 e. The van der Waals surface area contributed by atoms with E-state index < -0.39 is 5.66 Å². The first-order valence-corrected chi connectivity index (χ1v) is 9.63.